The van der Waals surface area contributed by atoms with Crippen LogP contribution in [0.1, 0.15) is 16.7 Å². The van der Waals surface area contributed by atoms with Crippen LogP contribution in [0.2, 0.25) is 0 Å². The zero-order valence-corrected chi connectivity index (χ0v) is 12.0. The van der Waals surface area contributed by atoms with Gasteiger partial charge in [0.15, 0.2) is 6.61 Å². The quantitative estimate of drug-likeness (QED) is 0.896. The number of aryl methyl sites for hydroxylation is 2. The lowest BCUT2D eigenvalue weighted by Crippen LogP contribution is -2.47. The molecule has 19 heavy (non-hydrogen) atoms. The fraction of sp³-hybridized carbons (Fsp3) is 0.533. The monoisotopic (exact) mass is 262 g/mol. The predicted molar refractivity (Wildman–Crippen MR) is 75.6 cm³/mol. The number of benzene rings is 1. The molecule has 1 saturated heterocycles. The number of amides is 1. The summed E-state index contributed by atoms with van der Waals surface area (Å²) in [6, 6.07) is 4.12. The van der Waals surface area contributed by atoms with E-state index >= 15 is 0 Å². The first-order chi connectivity index (χ1) is 9.08. The summed E-state index contributed by atoms with van der Waals surface area (Å²) in [6.07, 6.45) is 0. The van der Waals surface area contributed by atoms with Crippen molar-refractivity contribution in [1.29, 1.82) is 0 Å². The van der Waals surface area contributed by atoms with Gasteiger partial charge in [-0.15, -0.1) is 0 Å². The normalized spacial score (nSPS) is 15.4. The number of nitrogens with zero attached hydrogens (tertiary/aromatic N) is 1. The van der Waals surface area contributed by atoms with Gasteiger partial charge < -0.3 is 15.0 Å². The third-order valence-electron chi connectivity index (χ3n) is 3.58. The average Bonchev–Trinajstić information content (AvgIpc) is 2.41. The fourth-order valence-electron chi connectivity index (χ4n) is 2.30. The Bertz CT molecular complexity index is 465. The maximum absolute atomic E-state index is 12.0. The molecular formula is C15H22N2O2. The third-order valence-corrected chi connectivity index (χ3v) is 3.58. The third kappa shape index (κ3) is 3.47. The number of carbonyl (C=O) groups excluding carboxylic acids is 1. The van der Waals surface area contributed by atoms with Gasteiger partial charge in [-0.3, -0.25) is 4.79 Å². The van der Waals surface area contributed by atoms with Crippen LogP contribution in [-0.4, -0.2) is 43.6 Å². The molecule has 1 amide bonds. The van der Waals surface area contributed by atoms with Gasteiger partial charge in [0.2, 0.25) is 0 Å². The molecule has 0 aliphatic carbocycles. The molecule has 1 N–H and O–H groups in total. The maximum atomic E-state index is 12.0. The standard InChI is InChI=1S/C15H22N2O2/c1-11-8-12(2)13(3)14(9-11)19-10-15(18)17-6-4-16-5-7-17/h8-9,16H,4-7,10H2,1-3H3. The van der Waals surface area contributed by atoms with Crippen molar-refractivity contribution < 1.29 is 9.53 Å². The molecule has 1 aliphatic rings. The maximum Gasteiger partial charge on any atom is 0.260 e. The van der Waals surface area contributed by atoms with Gasteiger partial charge in [0.25, 0.3) is 5.91 Å². The first-order valence-corrected chi connectivity index (χ1v) is 6.77. The first-order valence-electron chi connectivity index (χ1n) is 6.77. The van der Waals surface area contributed by atoms with E-state index < -0.39 is 0 Å². The van der Waals surface area contributed by atoms with Crippen LogP contribution < -0.4 is 10.1 Å². The van der Waals surface area contributed by atoms with E-state index in [-0.39, 0.29) is 12.5 Å². The van der Waals surface area contributed by atoms with Crippen molar-refractivity contribution in [3.63, 3.8) is 0 Å². The number of hydrogen-bond donors (Lipinski definition) is 1. The van der Waals surface area contributed by atoms with Crippen molar-refractivity contribution in [1.82, 2.24) is 10.2 Å². The Balaban J connectivity index is 1.96. The van der Waals surface area contributed by atoms with Crippen molar-refractivity contribution in [3.05, 3.63) is 28.8 Å². The van der Waals surface area contributed by atoms with Gasteiger partial charge in [-0.25, -0.2) is 0 Å². The van der Waals surface area contributed by atoms with Crippen LogP contribution in [0, 0.1) is 20.8 Å². The second kappa shape index (κ2) is 6.06. The summed E-state index contributed by atoms with van der Waals surface area (Å²) < 4.78 is 5.70. The highest BCUT2D eigenvalue weighted by Crippen LogP contribution is 2.23. The van der Waals surface area contributed by atoms with E-state index in [1.807, 2.05) is 24.8 Å². The van der Waals surface area contributed by atoms with E-state index in [0.29, 0.717) is 0 Å². The van der Waals surface area contributed by atoms with E-state index in [4.69, 9.17) is 4.74 Å². The molecular weight excluding hydrogens is 240 g/mol. The summed E-state index contributed by atoms with van der Waals surface area (Å²) in [5.74, 6) is 0.890. The van der Waals surface area contributed by atoms with Crippen molar-refractivity contribution in [3.8, 4) is 5.75 Å². The number of ether oxygens (including phenoxy) is 1. The average molecular weight is 262 g/mol. The van der Waals surface area contributed by atoms with E-state index in [1.54, 1.807) is 0 Å². The second-order valence-electron chi connectivity index (χ2n) is 5.12. The lowest BCUT2D eigenvalue weighted by Gasteiger charge is -2.27. The Morgan fingerprint density at radius 2 is 1.95 bits per heavy atom. The smallest absolute Gasteiger partial charge is 0.260 e. The van der Waals surface area contributed by atoms with Crippen LogP contribution in [0.25, 0.3) is 0 Å². The zero-order chi connectivity index (χ0) is 13.8. The van der Waals surface area contributed by atoms with Crippen LogP contribution in [0.4, 0.5) is 0 Å². The molecule has 0 saturated carbocycles. The Kier molecular flexibility index (Phi) is 4.43. The molecule has 1 aliphatic heterocycles. The largest absolute Gasteiger partial charge is 0.483 e. The molecule has 0 radical (unpaired) electrons. The van der Waals surface area contributed by atoms with Crippen LogP contribution >= 0.6 is 0 Å². The lowest BCUT2D eigenvalue weighted by atomic mass is 10.1. The molecule has 104 valence electrons. The molecule has 0 bridgehead atoms. The zero-order valence-electron chi connectivity index (χ0n) is 12.0. The molecule has 2 rings (SSSR count). The topological polar surface area (TPSA) is 41.6 Å². The van der Waals surface area contributed by atoms with Crippen molar-refractivity contribution in [2.75, 3.05) is 32.8 Å². The highest BCUT2D eigenvalue weighted by Gasteiger charge is 2.17. The summed E-state index contributed by atoms with van der Waals surface area (Å²) in [7, 11) is 0. The van der Waals surface area contributed by atoms with Crippen molar-refractivity contribution in [2.45, 2.75) is 20.8 Å². The van der Waals surface area contributed by atoms with Gasteiger partial charge in [0, 0.05) is 26.2 Å². The van der Waals surface area contributed by atoms with Crippen molar-refractivity contribution in [2.24, 2.45) is 0 Å². The van der Waals surface area contributed by atoms with Crippen LogP contribution in [-0.2, 0) is 4.79 Å². The van der Waals surface area contributed by atoms with Crippen LogP contribution in [0.5, 0.6) is 5.75 Å². The molecule has 4 nitrogen and oxygen atoms in total. The number of nitrogens with one attached hydrogen (secondary N) is 1. The van der Waals surface area contributed by atoms with E-state index in [1.165, 1.54) is 5.56 Å². The molecule has 0 atom stereocenters. The van der Waals surface area contributed by atoms with Crippen LogP contribution in [0.3, 0.4) is 0 Å². The Morgan fingerprint density at radius 1 is 1.26 bits per heavy atom. The summed E-state index contributed by atoms with van der Waals surface area (Å²) in [5.41, 5.74) is 3.47. The Morgan fingerprint density at radius 3 is 2.63 bits per heavy atom. The van der Waals surface area contributed by atoms with Gasteiger partial charge in [-0.05, 0) is 43.5 Å². The van der Waals surface area contributed by atoms with Gasteiger partial charge in [0.05, 0.1) is 0 Å². The highest BCUT2D eigenvalue weighted by molar-refractivity contribution is 5.78. The fourth-order valence-corrected chi connectivity index (χ4v) is 2.30. The summed E-state index contributed by atoms with van der Waals surface area (Å²) in [6.45, 7) is 9.54. The Labute approximate surface area is 114 Å². The summed E-state index contributed by atoms with van der Waals surface area (Å²) >= 11 is 0. The lowest BCUT2D eigenvalue weighted by molar-refractivity contribution is -0.133. The van der Waals surface area contributed by atoms with Gasteiger partial charge >= 0.3 is 0 Å². The minimum absolute atomic E-state index is 0.0695. The number of piperazine rings is 1. The Hall–Kier alpha value is -1.55. The van der Waals surface area contributed by atoms with E-state index in [2.05, 4.69) is 18.3 Å². The van der Waals surface area contributed by atoms with E-state index in [0.717, 1.165) is 43.1 Å². The summed E-state index contributed by atoms with van der Waals surface area (Å²) in [5, 5.41) is 3.23. The van der Waals surface area contributed by atoms with Crippen LogP contribution in [0.15, 0.2) is 12.1 Å². The molecule has 1 aromatic carbocycles. The molecule has 0 unspecified atom stereocenters. The minimum atomic E-state index is 0.0695. The molecule has 1 fully saturated rings. The first kappa shape index (κ1) is 13.9. The second-order valence-corrected chi connectivity index (χ2v) is 5.12. The van der Waals surface area contributed by atoms with E-state index in [9.17, 15) is 4.79 Å². The predicted octanol–water partition coefficient (Wildman–Crippen LogP) is 1.42. The molecule has 1 aromatic rings. The van der Waals surface area contributed by atoms with Crippen molar-refractivity contribution >= 4 is 5.91 Å². The minimum Gasteiger partial charge on any atom is -0.483 e. The molecule has 0 aromatic heterocycles. The molecule has 0 spiro atoms. The number of rotatable bonds is 3. The SMILES string of the molecule is Cc1cc(C)c(C)c(OCC(=O)N2CCNCC2)c1. The summed E-state index contributed by atoms with van der Waals surface area (Å²) in [4.78, 5) is 13.9. The molecule has 4 heteroatoms. The number of hydrogen-bond acceptors (Lipinski definition) is 3. The number of carbonyl (C=O) groups is 1. The van der Waals surface area contributed by atoms with Gasteiger partial charge in [-0.1, -0.05) is 6.07 Å². The van der Waals surface area contributed by atoms with Gasteiger partial charge in [0.1, 0.15) is 5.75 Å². The van der Waals surface area contributed by atoms with Gasteiger partial charge in [-0.2, -0.15) is 0 Å². The molecule has 1 heterocycles. The highest BCUT2D eigenvalue weighted by atomic mass is 16.5.